The zero-order valence-corrected chi connectivity index (χ0v) is 23.2. The molecule has 210 valence electrons. The molecule has 2 heterocycles. The van der Waals surface area contributed by atoms with E-state index in [1.54, 1.807) is 13.8 Å². The summed E-state index contributed by atoms with van der Waals surface area (Å²) in [6.07, 6.45) is 0.683. The average Bonchev–Trinajstić information content (AvgIpc) is 3.66. The monoisotopic (exact) mass is 537 g/mol. The lowest BCUT2D eigenvalue weighted by molar-refractivity contribution is -0.169. The molecule has 0 aromatic heterocycles. The lowest BCUT2D eigenvalue weighted by Gasteiger charge is -2.50. The van der Waals surface area contributed by atoms with Crippen LogP contribution in [0.3, 0.4) is 0 Å². The first-order valence-corrected chi connectivity index (χ1v) is 13.9. The van der Waals surface area contributed by atoms with Crippen LogP contribution in [-0.4, -0.2) is 63.9 Å². The molecule has 2 aliphatic carbocycles. The van der Waals surface area contributed by atoms with E-state index < -0.39 is 59.2 Å². The number of epoxide rings is 1. The molecule has 1 amide bonds. The number of Topliss-reactive ketones (excluding diaryl/α,β-unsaturated/α-hetero) is 1. The maximum absolute atomic E-state index is 14.4. The fourth-order valence-corrected chi connectivity index (χ4v) is 7.51. The summed E-state index contributed by atoms with van der Waals surface area (Å²) in [5.41, 5.74) is -0.501. The van der Waals surface area contributed by atoms with E-state index in [-0.39, 0.29) is 24.2 Å². The molecule has 2 fully saturated rings. The molecular formula is C31H39NO7. The molecule has 2 saturated heterocycles. The Kier molecular flexibility index (Phi) is 7.10. The van der Waals surface area contributed by atoms with Crippen LogP contribution in [0, 0.1) is 23.2 Å². The number of hydrogen-bond acceptors (Lipinski definition) is 7. The molecule has 1 spiro atoms. The Morgan fingerprint density at radius 3 is 2.51 bits per heavy atom. The van der Waals surface area contributed by atoms with Gasteiger partial charge in [-0.3, -0.25) is 14.4 Å². The molecule has 0 unspecified atom stereocenters. The number of carbonyl (C=O) groups is 3. The van der Waals surface area contributed by atoms with Crippen LogP contribution in [-0.2, 0) is 30.3 Å². The van der Waals surface area contributed by atoms with Gasteiger partial charge < -0.3 is 25.0 Å². The topological polar surface area (TPSA) is 125 Å². The molecule has 8 nitrogen and oxygen atoms in total. The Hall–Kier alpha value is -2.81. The minimum Gasteiger partial charge on any atom is -0.458 e. The maximum Gasteiger partial charge on any atom is 0.303 e. The number of amides is 1. The van der Waals surface area contributed by atoms with Crippen LogP contribution >= 0.6 is 0 Å². The molecular weight excluding hydrogens is 498 g/mol. The third-order valence-electron chi connectivity index (χ3n) is 9.65. The fraction of sp³-hybridized carbons (Fsp3) is 0.581. The van der Waals surface area contributed by atoms with Crippen molar-refractivity contribution in [3.63, 3.8) is 0 Å². The zero-order valence-electron chi connectivity index (χ0n) is 23.2. The SMILES string of the molecule is CC[C@]1(O)C(=O)[C@@H](C)C/C=C/[C@H]2[C@H](O)C(C)=C(C)[C@H]3[C@H](Cc4ccccc4)NC(=O)[C@@]23[C@H](OC(C)=O)[C@H]2O[C@H]21. The Labute approximate surface area is 229 Å². The van der Waals surface area contributed by atoms with E-state index >= 15 is 0 Å². The number of allylic oxidation sites excluding steroid dienone is 1. The van der Waals surface area contributed by atoms with Crippen molar-refractivity contribution < 1.29 is 34.1 Å². The predicted octanol–water partition coefficient (Wildman–Crippen LogP) is 2.66. The number of ketones is 1. The first-order chi connectivity index (χ1) is 18.5. The normalized spacial score (nSPS) is 42.4. The van der Waals surface area contributed by atoms with E-state index in [2.05, 4.69) is 5.32 Å². The second-order valence-corrected chi connectivity index (χ2v) is 11.8. The number of carbonyl (C=O) groups excluding carboxylic acids is 3. The van der Waals surface area contributed by atoms with E-state index in [0.29, 0.717) is 12.8 Å². The van der Waals surface area contributed by atoms with Crippen molar-refractivity contribution in [3.8, 4) is 0 Å². The third kappa shape index (κ3) is 4.19. The number of aliphatic hydroxyl groups excluding tert-OH is 1. The van der Waals surface area contributed by atoms with Gasteiger partial charge in [-0.25, -0.2) is 0 Å². The molecule has 39 heavy (non-hydrogen) atoms. The van der Waals surface area contributed by atoms with Crippen molar-refractivity contribution in [2.75, 3.05) is 0 Å². The van der Waals surface area contributed by atoms with Crippen LogP contribution in [0.4, 0.5) is 0 Å². The van der Waals surface area contributed by atoms with Crippen LogP contribution in [0.5, 0.6) is 0 Å². The quantitative estimate of drug-likeness (QED) is 0.306. The number of fused-ring (bicyclic) bond motifs is 1. The van der Waals surface area contributed by atoms with E-state index in [1.165, 1.54) is 6.92 Å². The van der Waals surface area contributed by atoms with Gasteiger partial charge in [0.05, 0.1) is 6.10 Å². The zero-order chi connectivity index (χ0) is 28.3. The number of ether oxygens (including phenoxy) is 2. The highest BCUT2D eigenvalue weighted by Crippen LogP contribution is 2.60. The van der Waals surface area contributed by atoms with Crippen molar-refractivity contribution >= 4 is 17.7 Å². The summed E-state index contributed by atoms with van der Waals surface area (Å²) in [4.78, 5) is 40.4. The van der Waals surface area contributed by atoms with Crippen LogP contribution < -0.4 is 5.32 Å². The van der Waals surface area contributed by atoms with E-state index in [0.717, 1.165) is 16.7 Å². The Bertz CT molecular complexity index is 1220. The van der Waals surface area contributed by atoms with Gasteiger partial charge in [-0.1, -0.05) is 61.9 Å². The summed E-state index contributed by atoms with van der Waals surface area (Å²) in [7, 11) is 0. The van der Waals surface area contributed by atoms with Gasteiger partial charge in [0, 0.05) is 30.7 Å². The largest absolute Gasteiger partial charge is 0.458 e. The number of benzene rings is 1. The highest BCUT2D eigenvalue weighted by molar-refractivity contribution is 5.91. The summed E-state index contributed by atoms with van der Waals surface area (Å²) < 4.78 is 12.0. The summed E-state index contributed by atoms with van der Waals surface area (Å²) in [6, 6.07) is 9.53. The summed E-state index contributed by atoms with van der Waals surface area (Å²) in [6.45, 7) is 8.57. The van der Waals surface area contributed by atoms with Crippen LogP contribution in [0.25, 0.3) is 0 Å². The minimum atomic E-state index is -1.78. The van der Waals surface area contributed by atoms with Crippen LogP contribution in [0.15, 0.2) is 53.6 Å². The van der Waals surface area contributed by atoms with Crippen molar-refractivity contribution in [2.24, 2.45) is 23.2 Å². The van der Waals surface area contributed by atoms with Crippen molar-refractivity contribution in [2.45, 2.75) is 89.9 Å². The fourth-order valence-electron chi connectivity index (χ4n) is 7.51. The predicted molar refractivity (Wildman–Crippen MR) is 143 cm³/mol. The molecule has 10 atom stereocenters. The van der Waals surface area contributed by atoms with Gasteiger partial charge in [-0.15, -0.1) is 0 Å². The molecule has 4 aliphatic rings. The standard InChI is InChI=1S/C31H39NO7/c1-6-30(37)26(35)16(2)11-10-14-21-24(34)18(4)17(3)23-22(15-20-12-8-7-9-13-20)32-29(36)31(21,23)28(38-19(5)33)25-27(30)39-25/h7-10,12-14,16,21-25,27-28,34,37H,6,11,15H2,1-5H3,(H,32,36)/b14-10+/t16-,21-,22-,23-,24+,25-,27+,28+,30-,31-/m0/s1. The lowest BCUT2D eigenvalue weighted by Crippen LogP contribution is -2.61. The van der Waals surface area contributed by atoms with Gasteiger partial charge >= 0.3 is 5.97 Å². The lowest BCUT2D eigenvalue weighted by atomic mass is 9.53. The Morgan fingerprint density at radius 2 is 1.87 bits per heavy atom. The minimum absolute atomic E-state index is 0.122. The number of esters is 1. The smallest absolute Gasteiger partial charge is 0.303 e. The summed E-state index contributed by atoms with van der Waals surface area (Å²) in [5, 5.41) is 26.5. The second-order valence-electron chi connectivity index (χ2n) is 11.8. The van der Waals surface area contributed by atoms with Gasteiger partial charge in [0.15, 0.2) is 11.4 Å². The first-order valence-electron chi connectivity index (χ1n) is 13.9. The molecule has 2 aliphatic heterocycles. The summed E-state index contributed by atoms with van der Waals surface area (Å²) in [5.74, 6) is -2.94. The van der Waals surface area contributed by atoms with Gasteiger partial charge in [0.25, 0.3) is 0 Å². The van der Waals surface area contributed by atoms with Gasteiger partial charge in [0.2, 0.25) is 5.91 Å². The molecule has 0 saturated carbocycles. The second kappa shape index (κ2) is 9.98. The van der Waals surface area contributed by atoms with Gasteiger partial charge in [-0.2, -0.15) is 0 Å². The van der Waals surface area contributed by atoms with Crippen molar-refractivity contribution in [1.82, 2.24) is 5.32 Å². The van der Waals surface area contributed by atoms with E-state index in [1.807, 2.05) is 56.3 Å². The molecule has 5 rings (SSSR count). The molecule has 0 radical (unpaired) electrons. The van der Waals surface area contributed by atoms with Crippen molar-refractivity contribution in [1.29, 1.82) is 0 Å². The maximum atomic E-state index is 14.4. The number of hydrogen-bond donors (Lipinski definition) is 3. The average molecular weight is 538 g/mol. The van der Waals surface area contributed by atoms with E-state index in [9.17, 15) is 24.6 Å². The molecule has 1 aromatic rings. The number of rotatable bonds is 4. The van der Waals surface area contributed by atoms with E-state index in [4.69, 9.17) is 9.47 Å². The molecule has 3 N–H and O–H groups in total. The van der Waals surface area contributed by atoms with Crippen molar-refractivity contribution in [3.05, 3.63) is 59.2 Å². The number of nitrogens with one attached hydrogen (secondary N) is 1. The summed E-state index contributed by atoms with van der Waals surface area (Å²) >= 11 is 0. The van der Waals surface area contributed by atoms with Crippen LogP contribution in [0.1, 0.15) is 53.0 Å². The highest BCUT2D eigenvalue weighted by Gasteiger charge is 2.74. The number of aliphatic hydroxyl groups is 2. The highest BCUT2D eigenvalue weighted by atomic mass is 16.6. The molecule has 1 aromatic carbocycles. The Morgan fingerprint density at radius 1 is 1.18 bits per heavy atom. The molecule has 0 bridgehead atoms. The van der Waals surface area contributed by atoms with Gasteiger partial charge in [0.1, 0.15) is 23.7 Å². The molecule has 8 heteroatoms. The van der Waals surface area contributed by atoms with Gasteiger partial charge in [-0.05, 0) is 44.2 Å². The Balaban J connectivity index is 1.72. The first kappa shape index (κ1) is 27.7. The van der Waals surface area contributed by atoms with Crippen LogP contribution in [0.2, 0.25) is 0 Å². The third-order valence-corrected chi connectivity index (χ3v) is 9.65.